The second-order valence-corrected chi connectivity index (χ2v) is 5.02. The van der Waals surface area contributed by atoms with Crippen molar-refractivity contribution in [2.45, 2.75) is 13.3 Å². The smallest absolute Gasteiger partial charge is 0.226 e. The van der Waals surface area contributed by atoms with E-state index in [4.69, 9.17) is 5.26 Å². The third-order valence-electron chi connectivity index (χ3n) is 3.27. The first kappa shape index (κ1) is 16.2. The topological polar surface area (TPSA) is 82.0 Å². The fourth-order valence-electron chi connectivity index (χ4n) is 2.06. The highest BCUT2D eigenvalue weighted by Crippen LogP contribution is 2.17. The van der Waals surface area contributed by atoms with Crippen LogP contribution in [0.4, 0.5) is 11.4 Å². The van der Waals surface area contributed by atoms with Crippen LogP contribution in [0.1, 0.15) is 29.3 Å². The Morgan fingerprint density at radius 3 is 2.52 bits per heavy atom. The van der Waals surface area contributed by atoms with Gasteiger partial charge >= 0.3 is 0 Å². The normalized spacial score (nSPS) is 9.74. The quantitative estimate of drug-likeness (QED) is 0.803. The van der Waals surface area contributed by atoms with Gasteiger partial charge in [-0.05, 0) is 37.3 Å². The highest BCUT2D eigenvalue weighted by Gasteiger charge is 2.07. The Bertz CT molecular complexity index is 749. The molecule has 0 spiro atoms. The number of rotatable bonds is 6. The van der Waals surface area contributed by atoms with Gasteiger partial charge in [-0.15, -0.1) is 0 Å². The molecule has 0 heterocycles. The minimum atomic E-state index is -0.120. The molecular weight excluding hydrogens is 290 g/mol. The van der Waals surface area contributed by atoms with Crippen molar-refractivity contribution in [3.63, 3.8) is 0 Å². The van der Waals surface area contributed by atoms with Gasteiger partial charge in [-0.1, -0.05) is 18.2 Å². The maximum absolute atomic E-state index is 11.9. The Morgan fingerprint density at radius 1 is 1.13 bits per heavy atom. The highest BCUT2D eigenvalue weighted by molar-refractivity contribution is 5.95. The van der Waals surface area contributed by atoms with Crippen LogP contribution in [0.25, 0.3) is 0 Å². The van der Waals surface area contributed by atoms with Gasteiger partial charge in [-0.25, -0.2) is 0 Å². The number of benzene rings is 2. The zero-order valence-electron chi connectivity index (χ0n) is 12.8. The lowest BCUT2D eigenvalue weighted by Gasteiger charge is -2.10. The number of amides is 1. The van der Waals surface area contributed by atoms with E-state index >= 15 is 0 Å². The molecule has 0 atom stereocenters. The summed E-state index contributed by atoms with van der Waals surface area (Å²) in [5.41, 5.74) is 2.28. The Hall–Kier alpha value is -3.13. The first-order chi connectivity index (χ1) is 11.1. The summed E-state index contributed by atoms with van der Waals surface area (Å²) in [5, 5.41) is 14.9. The third-order valence-corrected chi connectivity index (χ3v) is 3.27. The third kappa shape index (κ3) is 4.68. The predicted octanol–water partition coefficient (Wildman–Crippen LogP) is 3.20. The molecular formula is C18H17N3O2. The van der Waals surface area contributed by atoms with Crippen LogP contribution in [0.15, 0.2) is 48.5 Å². The average molecular weight is 307 g/mol. The summed E-state index contributed by atoms with van der Waals surface area (Å²) in [6.45, 7) is 1.84. The molecule has 23 heavy (non-hydrogen) atoms. The summed E-state index contributed by atoms with van der Waals surface area (Å²) >= 11 is 0. The summed E-state index contributed by atoms with van der Waals surface area (Å²) in [6, 6.07) is 16.1. The molecule has 0 aliphatic heterocycles. The van der Waals surface area contributed by atoms with Crippen LogP contribution in [0, 0.1) is 11.3 Å². The lowest BCUT2D eigenvalue weighted by atomic mass is 10.1. The number of nitriles is 1. The minimum absolute atomic E-state index is 0.0700. The number of carbonyl (C=O) groups is 2. The van der Waals surface area contributed by atoms with Crippen LogP contribution in [0.5, 0.6) is 0 Å². The molecule has 0 aliphatic carbocycles. The van der Waals surface area contributed by atoms with Gasteiger partial charge in [0.25, 0.3) is 0 Å². The summed E-state index contributed by atoms with van der Waals surface area (Å²) in [4.78, 5) is 23.3. The fraction of sp³-hybridized carbons (Fsp3) is 0.167. The van der Waals surface area contributed by atoms with E-state index in [9.17, 15) is 9.59 Å². The van der Waals surface area contributed by atoms with E-state index in [1.165, 1.54) is 6.92 Å². The van der Waals surface area contributed by atoms with E-state index in [1.807, 2.05) is 30.3 Å². The number of para-hydroxylation sites is 1. The number of ketones is 1. The first-order valence-electron chi connectivity index (χ1n) is 7.24. The summed E-state index contributed by atoms with van der Waals surface area (Å²) in [7, 11) is 0. The van der Waals surface area contributed by atoms with Gasteiger partial charge in [0.2, 0.25) is 5.91 Å². The predicted molar refractivity (Wildman–Crippen MR) is 89.3 cm³/mol. The maximum Gasteiger partial charge on any atom is 0.226 e. The van der Waals surface area contributed by atoms with Crippen molar-refractivity contribution in [1.82, 2.24) is 0 Å². The highest BCUT2D eigenvalue weighted by atomic mass is 16.1. The van der Waals surface area contributed by atoms with Crippen molar-refractivity contribution in [1.29, 1.82) is 5.26 Å². The molecule has 0 fully saturated rings. The van der Waals surface area contributed by atoms with Gasteiger partial charge in [-0.2, -0.15) is 5.26 Å². The van der Waals surface area contributed by atoms with Crippen LogP contribution < -0.4 is 10.6 Å². The minimum Gasteiger partial charge on any atom is -0.383 e. The van der Waals surface area contributed by atoms with E-state index in [0.717, 1.165) is 5.69 Å². The lowest BCUT2D eigenvalue weighted by Crippen LogP contribution is -2.16. The number of nitrogens with one attached hydrogen (secondary N) is 2. The molecule has 5 nitrogen and oxygen atoms in total. The first-order valence-corrected chi connectivity index (χ1v) is 7.24. The van der Waals surface area contributed by atoms with E-state index in [0.29, 0.717) is 23.4 Å². The van der Waals surface area contributed by atoms with E-state index in [-0.39, 0.29) is 18.1 Å². The van der Waals surface area contributed by atoms with Crippen LogP contribution in [-0.2, 0) is 4.79 Å². The zero-order chi connectivity index (χ0) is 16.7. The van der Waals surface area contributed by atoms with E-state index in [2.05, 4.69) is 16.7 Å². The van der Waals surface area contributed by atoms with Crippen LogP contribution in [0.3, 0.4) is 0 Å². The Labute approximate surface area is 134 Å². The van der Waals surface area contributed by atoms with Gasteiger partial charge in [-0.3, -0.25) is 9.59 Å². The molecule has 0 bridgehead atoms. The van der Waals surface area contributed by atoms with Crippen molar-refractivity contribution in [3.05, 3.63) is 59.7 Å². The average Bonchev–Trinajstić information content (AvgIpc) is 2.55. The summed E-state index contributed by atoms with van der Waals surface area (Å²) < 4.78 is 0. The number of hydrogen-bond donors (Lipinski definition) is 2. The van der Waals surface area contributed by atoms with Crippen LogP contribution in [-0.4, -0.2) is 18.2 Å². The van der Waals surface area contributed by atoms with Gasteiger partial charge in [0.15, 0.2) is 5.78 Å². The van der Waals surface area contributed by atoms with Crippen molar-refractivity contribution < 1.29 is 9.59 Å². The van der Waals surface area contributed by atoms with Crippen LogP contribution >= 0.6 is 0 Å². The van der Waals surface area contributed by atoms with Crippen LogP contribution in [0.2, 0.25) is 0 Å². The van der Waals surface area contributed by atoms with Crippen molar-refractivity contribution in [3.8, 4) is 6.07 Å². The molecule has 0 aliphatic rings. The number of nitrogens with zero attached hydrogens (tertiary/aromatic N) is 1. The Kier molecular flexibility index (Phi) is 5.48. The number of anilines is 2. The van der Waals surface area contributed by atoms with Crippen molar-refractivity contribution in [2.75, 3.05) is 17.2 Å². The number of carbonyl (C=O) groups excluding carboxylic acids is 2. The number of Topliss-reactive ketones (excluding diaryl/α,β-unsaturated/α-hetero) is 1. The molecule has 2 aromatic rings. The second-order valence-electron chi connectivity index (χ2n) is 5.02. The van der Waals surface area contributed by atoms with E-state index < -0.39 is 0 Å². The standard InChI is InChI=1S/C18H17N3O2/c1-13(22)14-7-8-15(12-19)17(11-14)20-10-9-18(23)21-16-5-3-2-4-6-16/h2-8,11,20H,9-10H2,1H3,(H,21,23). The molecule has 0 aromatic heterocycles. The zero-order valence-corrected chi connectivity index (χ0v) is 12.8. The molecule has 116 valence electrons. The molecule has 5 heteroatoms. The monoisotopic (exact) mass is 307 g/mol. The largest absolute Gasteiger partial charge is 0.383 e. The SMILES string of the molecule is CC(=O)c1ccc(C#N)c(NCCC(=O)Nc2ccccc2)c1. The second kappa shape index (κ2) is 7.76. The molecule has 0 saturated carbocycles. The Balaban J connectivity index is 1.93. The molecule has 0 radical (unpaired) electrons. The lowest BCUT2D eigenvalue weighted by molar-refractivity contribution is -0.115. The molecule has 1 amide bonds. The maximum atomic E-state index is 11.9. The van der Waals surface area contributed by atoms with Crippen molar-refractivity contribution in [2.24, 2.45) is 0 Å². The van der Waals surface area contributed by atoms with Gasteiger partial charge in [0.1, 0.15) is 6.07 Å². The summed E-state index contributed by atoms with van der Waals surface area (Å²) in [6.07, 6.45) is 0.254. The van der Waals surface area contributed by atoms with Gasteiger partial charge < -0.3 is 10.6 Å². The summed E-state index contributed by atoms with van der Waals surface area (Å²) in [5.74, 6) is -0.190. The van der Waals surface area contributed by atoms with Gasteiger partial charge in [0.05, 0.1) is 11.3 Å². The van der Waals surface area contributed by atoms with Crippen molar-refractivity contribution >= 4 is 23.1 Å². The molecule has 2 N–H and O–H groups in total. The molecule has 2 aromatic carbocycles. The molecule has 0 saturated heterocycles. The number of hydrogen-bond acceptors (Lipinski definition) is 4. The van der Waals surface area contributed by atoms with E-state index in [1.54, 1.807) is 18.2 Å². The van der Waals surface area contributed by atoms with Gasteiger partial charge in [0, 0.05) is 24.2 Å². The molecule has 0 unspecified atom stereocenters. The molecule has 2 rings (SSSR count). The Morgan fingerprint density at radius 2 is 1.87 bits per heavy atom. The fourth-order valence-corrected chi connectivity index (χ4v) is 2.06.